The normalized spacial score (nSPS) is 22.6. The standard InChI is InChI=1S/C13H19N3O2S/c1-7-9(3)19-10(14-7)6-16-11(17)8(2)15-12(18)13(16,4)5/h8H,6H2,1-5H3,(H,15,18). The van der Waals surface area contributed by atoms with E-state index in [4.69, 9.17) is 0 Å². The third-order valence-electron chi connectivity index (χ3n) is 3.58. The summed E-state index contributed by atoms with van der Waals surface area (Å²) in [7, 11) is 0. The van der Waals surface area contributed by atoms with Gasteiger partial charge in [-0.05, 0) is 34.6 Å². The molecule has 1 N–H and O–H groups in total. The van der Waals surface area contributed by atoms with Gasteiger partial charge in [-0.2, -0.15) is 0 Å². The Balaban J connectivity index is 2.29. The van der Waals surface area contributed by atoms with Crippen LogP contribution in [0.2, 0.25) is 0 Å². The van der Waals surface area contributed by atoms with Gasteiger partial charge in [0, 0.05) is 4.88 Å². The molecule has 0 spiro atoms. The summed E-state index contributed by atoms with van der Waals surface area (Å²) in [4.78, 5) is 31.5. The minimum absolute atomic E-state index is 0.0601. The SMILES string of the molecule is Cc1nc(CN2C(=O)C(C)NC(=O)C2(C)C)sc1C. The molecule has 19 heavy (non-hydrogen) atoms. The van der Waals surface area contributed by atoms with Gasteiger partial charge < -0.3 is 10.2 Å². The summed E-state index contributed by atoms with van der Waals surface area (Å²) >= 11 is 1.58. The van der Waals surface area contributed by atoms with Crippen LogP contribution in [-0.2, 0) is 16.1 Å². The fourth-order valence-corrected chi connectivity index (χ4v) is 3.01. The number of carbonyl (C=O) groups excluding carboxylic acids is 2. The van der Waals surface area contributed by atoms with E-state index in [1.807, 2.05) is 13.8 Å². The summed E-state index contributed by atoms with van der Waals surface area (Å²) in [5.41, 5.74) is 0.150. The Morgan fingerprint density at radius 3 is 2.53 bits per heavy atom. The minimum atomic E-state index is -0.836. The van der Waals surface area contributed by atoms with Crippen molar-refractivity contribution in [3.63, 3.8) is 0 Å². The molecule has 0 radical (unpaired) electrons. The minimum Gasteiger partial charge on any atom is -0.343 e. The van der Waals surface area contributed by atoms with Crippen molar-refractivity contribution >= 4 is 23.2 Å². The number of carbonyl (C=O) groups is 2. The van der Waals surface area contributed by atoms with E-state index in [-0.39, 0.29) is 11.8 Å². The van der Waals surface area contributed by atoms with Gasteiger partial charge in [0.2, 0.25) is 11.8 Å². The van der Waals surface area contributed by atoms with Crippen molar-refractivity contribution < 1.29 is 9.59 Å². The number of aromatic nitrogens is 1. The Bertz CT molecular complexity index is 516. The van der Waals surface area contributed by atoms with Gasteiger partial charge in [-0.25, -0.2) is 4.98 Å². The van der Waals surface area contributed by atoms with E-state index in [1.54, 1.807) is 37.0 Å². The van der Waals surface area contributed by atoms with Crippen LogP contribution in [0.15, 0.2) is 0 Å². The van der Waals surface area contributed by atoms with Crippen LogP contribution in [0.25, 0.3) is 0 Å². The van der Waals surface area contributed by atoms with E-state index in [2.05, 4.69) is 10.3 Å². The van der Waals surface area contributed by atoms with Crippen LogP contribution in [0, 0.1) is 13.8 Å². The van der Waals surface area contributed by atoms with Crippen molar-refractivity contribution in [3.8, 4) is 0 Å². The highest BCUT2D eigenvalue weighted by molar-refractivity contribution is 7.11. The number of hydrogen-bond donors (Lipinski definition) is 1. The third kappa shape index (κ3) is 2.36. The lowest BCUT2D eigenvalue weighted by molar-refractivity contribution is -0.155. The van der Waals surface area contributed by atoms with Gasteiger partial charge in [0.25, 0.3) is 0 Å². The topological polar surface area (TPSA) is 62.3 Å². The van der Waals surface area contributed by atoms with Gasteiger partial charge in [-0.1, -0.05) is 0 Å². The van der Waals surface area contributed by atoms with Gasteiger partial charge in [-0.3, -0.25) is 9.59 Å². The van der Waals surface area contributed by atoms with E-state index in [1.165, 1.54) is 0 Å². The van der Waals surface area contributed by atoms with E-state index < -0.39 is 11.6 Å². The summed E-state index contributed by atoms with van der Waals surface area (Å²) < 4.78 is 0. The number of amides is 2. The van der Waals surface area contributed by atoms with Gasteiger partial charge in [-0.15, -0.1) is 11.3 Å². The first-order valence-corrected chi connectivity index (χ1v) is 7.10. The molecule has 1 aromatic rings. The van der Waals surface area contributed by atoms with Crippen LogP contribution in [0.1, 0.15) is 36.3 Å². The van der Waals surface area contributed by atoms with Crippen LogP contribution in [-0.4, -0.2) is 33.3 Å². The predicted molar refractivity (Wildman–Crippen MR) is 73.8 cm³/mol. The maximum atomic E-state index is 12.3. The first kappa shape index (κ1) is 14.0. The molecule has 0 saturated carbocycles. The quantitative estimate of drug-likeness (QED) is 0.891. The van der Waals surface area contributed by atoms with Crippen LogP contribution in [0.5, 0.6) is 0 Å². The molecule has 5 nitrogen and oxygen atoms in total. The molecule has 104 valence electrons. The molecule has 2 rings (SSSR count). The monoisotopic (exact) mass is 281 g/mol. The molecule has 2 amide bonds. The van der Waals surface area contributed by atoms with Crippen molar-refractivity contribution in [1.82, 2.24) is 15.2 Å². The average Bonchev–Trinajstić information content (AvgIpc) is 2.62. The molecule has 1 unspecified atom stereocenters. The van der Waals surface area contributed by atoms with Crippen molar-refractivity contribution in [1.29, 1.82) is 0 Å². The van der Waals surface area contributed by atoms with Crippen molar-refractivity contribution in [2.75, 3.05) is 0 Å². The first-order chi connectivity index (χ1) is 8.73. The van der Waals surface area contributed by atoms with Crippen LogP contribution >= 0.6 is 11.3 Å². The average molecular weight is 281 g/mol. The lowest BCUT2D eigenvalue weighted by Gasteiger charge is -2.43. The van der Waals surface area contributed by atoms with Crippen LogP contribution < -0.4 is 5.32 Å². The number of piperazine rings is 1. The van der Waals surface area contributed by atoms with E-state index in [0.717, 1.165) is 15.6 Å². The van der Waals surface area contributed by atoms with Gasteiger partial charge in [0.1, 0.15) is 16.6 Å². The second-order valence-electron chi connectivity index (χ2n) is 5.43. The molecule has 1 fully saturated rings. The molecule has 0 aromatic carbocycles. The Morgan fingerprint density at radius 1 is 1.37 bits per heavy atom. The summed E-state index contributed by atoms with van der Waals surface area (Å²) in [6.07, 6.45) is 0. The Morgan fingerprint density at radius 2 is 2.00 bits per heavy atom. The van der Waals surface area contributed by atoms with E-state index >= 15 is 0 Å². The summed E-state index contributed by atoms with van der Waals surface area (Å²) in [6, 6.07) is -0.470. The first-order valence-electron chi connectivity index (χ1n) is 6.29. The van der Waals surface area contributed by atoms with E-state index in [0.29, 0.717) is 6.54 Å². The molecule has 2 heterocycles. The van der Waals surface area contributed by atoms with Crippen molar-refractivity contribution in [2.45, 2.75) is 52.7 Å². The zero-order chi connectivity index (χ0) is 14.4. The number of nitrogens with zero attached hydrogens (tertiary/aromatic N) is 2. The van der Waals surface area contributed by atoms with Crippen molar-refractivity contribution in [2.24, 2.45) is 0 Å². The highest BCUT2D eigenvalue weighted by Gasteiger charge is 2.45. The van der Waals surface area contributed by atoms with Gasteiger partial charge in [0.15, 0.2) is 0 Å². The zero-order valence-electron chi connectivity index (χ0n) is 11.9. The lowest BCUT2D eigenvalue weighted by Crippen LogP contribution is -2.67. The molecule has 1 saturated heterocycles. The van der Waals surface area contributed by atoms with Gasteiger partial charge in [0.05, 0.1) is 12.2 Å². The molecule has 1 aliphatic rings. The maximum Gasteiger partial charge on any atom is 0.246 e. The maximum absolute atomic E-state index is 12.3. The predicted octanol–water partition coefficient (Wildman–Crippen LogP) is 1.39. The van der Waals surface area contributed by atoms with Crippen LogP contribution in [0.3, 0.4) is 0 Å². The van der Waals surface area contributed by atoms with E-state index in [9.17, 15) is 9.59 Å². The van der Waals surface area contributed by atoms with Gasteiger partial charge >= 0.3 is 0 Å². The largest absolute Gasteiger partial charge is 0.343 e. The Hall–Kier alpha value is -1.43. The third-order valence-corrected chi connectivity index (χ3v) is 4.64. The molecule has 0 bridgehead atoms. The lowest BCUT2D eigenvalue weighted by atomic mass is 9.96. The molecule has 1 atom stereocenters. The fourth-order valence-electron chi connectivity index (χ4n) is 2.08. The number of hydrogen-bond acceptors (Lipinski definition) is 4. The van der Waals surface area contributed by atoms with Crippen LogP contribution in [0.4, 0.5) is 0 Å². The summed E-state index contributed by atoms with van der Waals surface area (Å²) in [5.74, 6) is -0.181. The molecule has 1 aromatic heterocycles. The fraction of sp³-hybridized carbons (Fsp3) is 0.615. The highest BCUT2D eigenvalue weighted by Crippen LogP contribution is 2.26. The molecular formula is C13H19N3O2S. The second kappa shape index (κ2) is 4.59. The Kier molecular flexibility index (Phi) is 3.38. The highest BCUT2D eigenvalue weighted by atomic mass is 32.1. The summed E-state index contributed by atoms with van der Waals surface area (Å²) in [5, 5.41) is 3.58. The number of aryl methyl sites for hydroxylation is 2. The number of rotatable bonds is 2. The van der Waals surface area contributed by atoms with Crippen molar-refractivity contribution in [3.05, 3.63) is 15.6 Å². The summed E-state index contributed by atoms with van der Waals surface area (Å²) in [6.45, 7) is 9.59. The number of thiazole rings is 1. The Labute approximate surface area is 117 Å². The smallest absolute Gasteiger partial charge is 0.246 e. The second-order valence-corrected chi connectivity index (χ2v) is 6.72. The molecule has 0 aliphatic carbocycles. The molecule has 6 heteroatoms. The number of nitrogens with one attached hydrogen (secondary N) is 1. The molecule has 1 aliphatic heterocycles. The molecular weight excluding hydrogens is 262 g/mol. The zero-order valence-corrected chi connectivity index (χ0v) is 12.7.